The second-order valence-electron chi connectivity index (χ2n) is 8.57. The van der Waals surface area contributed by atoms with Crippen LogP contribution in [-0.2, 0) is 20.3 Å². The van der Waals surface area contributed by atoms with Gasteiger partial charge in [0.05, 0.1) is 12.2 Å². The van der Waals surface area contributed by atoms with Crippen LogP contribution < -0.4 is 0 Å². The van der Waals surface area contributed by atoms with Gasteiger partial charge in [0.25, 0.3) is 5.79 Å². The lowest BCUT2D eigenvalue weighted by Gasteiger charge is -2.61. The molecule has 128 valence electrons. The fourth-order valence-corrected chi connectivity index (χ4v) is 4.74. The van der Waals surface area contributed by atoms with E-state index in [0.717, 1.165) is 10.8 Å². The largest absolute Gasteiger partial charge is 0.507 e. The van der Waals surface area contributed by atoms with Crippen molar-refractivity contribution in [3.8, 4) is 5.75 Å². The summed E-state index contributed by atoms with van der Waals surface area (Å²) in [6.07, 6.45) is 0. The number of aromatic hydroxyl groups is 1. The van der Waals surface area contributed by atoms with E-state index in [4.69, 9.17) is 14.5 Å². The van der Waals surface area contributed by atoms with Gasteiger partial charge in [-0.25, -0.2) is 4.89 Å². The van der Waals surface area contributed by atoms with Crippen LogP contribution in [0.3, 0.4) is 0 Å². The minimum Gasteiger partial charge on any atom is -0.507 e. The third-order valence-electron chi connectivity index (χ3n) is 5.65. The maximum Gasteiger partial charge on any atom is 0.265 e. The van der Waals surface area contributed by atoms with Crippen LogP contribution in [0.15, 0.2) is 36.4 Å². The highest BCUT2D eigenvalue weighted by Crippen LogP contribution is 2.70. The Labute approximate surface area is 142 Å². The van der Waals surface area contributed by atoms with Crippen molar-refractivity contribution in [2.24, 2.45) is 10.8 Å². The zero-order chi connectivity index (χ0) is 17.4. The van der Waals surface area contributed by atoms with E-state index in [0.29, 0.717) is 12.2 Å². The fraction of sp³-hybridized carbons (Fsp3) is 0.500. The minimum absolute atomic E-state index is 0.197. The Morgan fingerprint density at radius 3 is 2.33 bits per heavy atom. The highest BCUT2D eigenvalue weighted by Gasteiger charge is 2.81. The first kappa shape index (κ1) is 15.9. The van der Waals surface area contributed by atoms with Crippen molar-refractivity contribution >= 4 is 10.8 Å². The molecule has 0 spiro atoms. The summed E-state index contributed by atoms with van der Waals surface area (Å²) in [5, 5.41) is 12.7. The standard InChI is InChI=1S/C20H24O4/c1-17(2,3)20-18(4,5)12-22-19(20,23-24-20)15-11-10-13-8-6-7-9-14(13)16(15)21/h6-11,21H,12H2,1-5H3. The second-order valence-corrected chi connectivity index (χ2v) is 8.57. The van der Waals surface area contributed by atoms with E-state index in [2.05, 4.69) is 34.6 Å². The van der Waals surface area contributed by atoms with Gasteiger partial charge < -0.3 is 9.84 Å². The maximum atomic E-state index is 11.0. The lowest BCUT2D eigenvalue weighted by Crippen LogP contribution is -2.73. The number of rotatable bonds is 1. The van der Waals surface area contributed by atoms with Gasteiger partial charge in [-0.3, -0.25) is 0 Å². The molecule has 4 nitrogen and oxygen atoms in total. The average molecular weight is 328 g/mol. The summed E-state index contributed by atoms with van der Waals surface area (Å²) in [5.41, 5.74) is -0.564. The molecule has 4 heteroatoms. The number of hydrogen-bond donors (Lipinski definition) is 1. The van der Waals surface area contributed by atoms with Crippen LogP contribution >= 0.6 is 0 Å². The van der Waals surface area contributed by atoms with Crippen molar-refractivity contribution < 1.29 is 19.6 Å². The molecular formula is C20H24O4. The van der Waals surface area contributed by atoms with Crippen LogP contribution in [-0.4, -0.2) is 17.3 Å². The molecule has 2 saturated heterocycles. The summed E-state index contributed by atoms with van der Waals surface area (Å²) in [4.78, 5) is 11.5. The molecule has 0 amide bonds. The molecule has 0 radical (unpaired) electrons. The normalized spacial score (nSPS) is 31.7. The summed E-state index contributed by atoms with van der Waals surface area (Å²) in [6.45, 7) is 11.1. The molecule has 2 heterocycles. The molecule has 2 fully saturated rings. The van der Waals surface area contributed by atoms with Crippen LogP contribution in [0.2, 0.25) is 0 Å². The number of benzene rings is 2. The van der Waals surface area contributed by atoms with Gasteiger partial charge in [-0.15, -0.1) is 0 Å². The highest BCUT2D eigenvalue weighted by atomic mass is 17.3. The van der Waals surface area contributed by atoms with E-state index in [9.17, 15) is 5.11 Å². The van der Waals surface area contributed by atoms with Gasteiger partial charge >= 0.3 is 0 Å². The zero-order valence-corrected chi connectivity index (χ0v) is 14.8. The van der Waals surface area contributed by atoms with Crippen molar-refractivity contribution in [2.45, 2.75) is 46.0 Å². The number of fused-ring (bicyclic) bond motifs is 2. The molecule has 4 rings (SSSR count). The van der Waals surface area contributed by atoms with E-state index in [1.807, 2.05) is 36.4 Å². The van der Waals surface area contributed by atoms with Crippen LogP contribution in [0.1, 0.15) is 40.2 Å². The Kier molecular flexibility index (Phi) is 2.98. The van der Waals surface area contributed by atoms with Gasteiger partial charge in [-0.1, -0.05) is 65.0 Å². The molecule has 1 N–H and O–H groups in total. The smallest absolute Gasteiger partial charge is 0.265 e. The molecule has 24 heavy (non-hydrogen) atoms. The van der Waals surface area contributed by atoms with Gasteiger partial charge in [0.15, 0.2) is 5.60 Å². The van der Waals surface area contributed by atoms with E-state index in [-0.39, 0.29) is 16.6 Å². The van der Waals surface area contributed by atoms with Crippen LogP contribution in [0.4, 0.5) is 0 Å². The molecule has 2 aromatic carbocycles. The van der Waals surface area contributed by atoms with Gasteiger partial charge in [0, 0.05) is 16.2 Å². The third kappa shape index (κ3) is 1.59. The molecule has 2 unspecified atom stereocenters. The van der Waals surface area contributed by atoms with E-state index < -0.39 is 11.4 Å². The Morgan fingerprint density at radius 1 is 1.00 bits per heavy atom. The first-order chi connectivity index (χ1) is 11.2. The number of phenolic OH excluding ortho intramolecular Hbond substituents is 1. The van der Waals surface area contributed by atoms with Gasteiger partial charge in [0.2, 0.25) is 0 Å². The van der Waals surface area contributed by atoms with Crippen molar-refractivity contribution in [1.29, 1.82) is 0 Å². The lowest BCUT2D eigenvalue weighted by molar-refractivity contribution is -0.626. The Balaban J connectivity index is 1.98. The van der Waals surface area contributed by atoms with Crippen LogP contribution in [0.5, 0.6) is 5.75 Å². The molecule has 2 aromatic rings. The first-order valence-corrected chi connectivity index (χ1v) is 8.38. The number of ether oxygens (including phenoxy) is 1. The summed E-state index contributed by atoms with van der Waals surface area (Å²) in [6, 6.07) is 11.6. The summed E-state index contributed by atoms with van der Waals surface area (Å²) in [7, 11) is 0. The van der Waals surface area contributed by atoms with Gasteiger partial charge in [0.1, 0.15) is 5.75 Å². The second kappa shape index (κ2) is 4.51. The number of phenols is 1. The highest BCUT2D eigenvalue weighted by molar-refractivity contribution is 5.89. The molecule has 2 aliphatic heterocycles. The average Bonchev–Trinajstić information content (AvgIpc) is 2.63. The SMILES string of the molecule is CC(C)(C)C12OOC1(c1ccc3ccccc3c1O)OCC2(C)C. The van der Waals surface area contributed by atoms with Crippen molar-refractivity contribution in [3.05, 3.63) is 42.0 Å². The molecule has 0 aromatic heterocycles. The van der Waals surface area contributed by atoms with Gasteiger partial charge in [-0.05, 0) is 11.5 Å². The maximum absolute atomic E-state index is 11.0. The Hall–Kier alpha value is -1.62. The zero-order valence-electron chi connectivity index (χ0n) is 14.8. The van der Waals surface area contributed by atoms with E-state index >= 15 is 0 Å². The molecular weight excluding hydrogens is 304 g/mol. The predicted molar refractivity (Wildman–Crippen MR) is 91.4 cm³/mol. The molecule has 2 aliphatic rings. The molecule has 0 aliphatic carbocycles. The fourth-order valence-electron chi connectivity index (χ4n) is 4.74. The van der Waals surface area contributed by atoms with Crippen LogP contribution in [0.25, 0.3) is 10.8 Å². The van der Waals surface area contributed by atoms with Crippen molar-refractivity contribution in [2.75, 3.05) is 6.61 Å². The summed E-state index contributed by atoms with van der Waals surface area (Å²) in [5.74, 6) is -0.897. The third-order valence-corrected chi connectivity index (χ3v) is 5.65. The first-order valence-electron chi connectivity index (χ1n) is 8.38. The molecule has 0 saturated carbocycles. The topological polar surface area (TPSA) is 47.9 Å². The Bertz CT molecular complexity index is 820. The quantitative estimate of drug-likeness (QED) is 0.783. The van der Waals surface area contributed by atoms with E-state index in [1.54, 1.807) is 0 Å². The lowest BCUT2D eigenvalue weighted by atomic mass is 9.57. The molecule has 0 bridgehead atoms. The predicted octanol–water partition coefficient (Wildman–Crippen LogP) is 4.50. The van der Waals surface area contributed by atoms with Crippen LogP contribution in [0, 0.1) is 10.8 Å². The summed E-state index contributed by atoms with van der Waals surface area (Å²) >= 11 is 0. The van der Waals surface area contributed by atoms with E-state index in [1.165, 1.54) is 0 Å². The minimum atomic E-state index is -1.09. The Morgan fingerprint density at radius 2 is 1.71 bits per heavy atom. The molecule has 2 atom stereocenters. The summed E-state index contributed by atoms with van der Waals surface area (Å²) < 4.78 is 6.19. The van der Waals surface area contributed by atoms with Crippen molar-refractivity contribution in [3.63, 3.8) is 0 Å². The van der Waals surface area contributed by atoms with Gasteiger partial charge in [-0.2, -0.15) is 4.89 Å². The van der Waals surface area contributed by atoms with Crippen molar-refractivity contribution in [1.82, 2.24) is 0 Å². The number of hydrogen-bond acceptors (Lipinski definition) is 4. The monoisotopic (exact) mass is 328 g/mol.